The predicted octanol–water partition coefficient (Wildman–Crippen LogP) is 4.22. The molecular formula is C25H33N3O2. The average Bonchev–Trinajstić information content (AvgIpc) is 2.74. The SMILES string of the molecule is CCCC(=O)N1CCC[C@](Cc2ccccc2-c2cccnc2)(C(=O)NC(C)C)C1. The lowest BCUT2D eigenvalue weighted by Crippen LogP contribution is -2.55. The Labute approximate surface area is 179 Å². The van der Waals surface area contributed by atoms with E-state index < -0.39 is 5.41 Å². The van der Waals surface area contributed by atoms with E-state index in [1.165, 1.54) is 0 Å². The van der Waals surface area contributed by atoms with Crippen molar-refractivity contribution in [3.8, 4) is 11.1 Å². The van der Waals surface area contributed by atoms with Crippen molar-refractivity contribution in [3.05, 3.63) is 54.4 Å². The first-order valence-corrected chi connectivity index (χ1v) is 11.0. The summed E-state index contributed by atoms with van der Waals surface area (Å²) in [5.74, 6) is 0.201. The smallest absolute Gasteiger partial charge is 0.228 e. The summed E-state index contributed by atoms with van der Waals surface area (Å²) < 4.78 is 0. The van der Waals surface area contributed by atoms with Crippen LogP contribution >= 0.6 is 0 Å². The fraction of sp³-hybridized carbons (Fsp3) is 0.480. The van der Waals surface area contributed by atoms with Crippen LogP contribution in [0.5, 0.6) is 0 Å². The monoisotopic (exact) mass is 407 g/mol. The third kappa shape index (κ3) is 5.07. The van der Waals surface area contributed by atoms with Gasteiger partial charge in [-0.3, -0.25) is 14.6 Å². The summed E-state index contributed by atoms with van der Waals surface area (Å²) in [6.45, 7) is 7.20. The van der Waals surface area contributed by atoms with Gasteiger partial charge in [0.2, 0.25) is 11.8 Å². The van der Waals surface area contributed by atoms with Crippen molar-refractivity contribution in [2.45, 2.75) is 58.9 Å². The van der Waals surface area contributed by atoms with Gasteiger partial charge < -0.3 is 10.2 Å². The summed E-state index contributed by atoms with van der Waals surface area (Å²) in [5.41, 5.74) is 2.64. The molecule has 1 fully saturated rings. The normalized spacial score (nSPS) is 19.0. The molecular weight excluding hydrogens is 374 g/mol. The van der Waals surface area contributed by atoms with Gasteiger partial charge in [0.25, 0.3) is 0 Å². The van der Waals surface area contributed by atoms with Crippen molar-refractivity contribution >= 4 is 11.8 Å². The van der Waals surface area contributed by atoms with Crippen LogP contribution in [0.2, 0.25) is 0 Å². The number of aromatic nitrogens is 1. The minimum absolute atomic E-state index is 0.0486. The number of hydrogen-bond donors (Lipinski definition) is 1. The number of likely N-dealkylation sites (tertiary alicyclic amines) is 1. The summed E-state index contributed by atoms with van der Waals surface area (Å²) >= 11 is 0. The number of carbonyl (C=O) groups excluding carboxylic acids is 2. The number of nitrogens with one attached hydrogen (secondary N) is 1. The molecule has 3 rings (SSSR count). The van der Waals surface area contributed by atoms with Crippen molar-refractivity contribution in [3.63, 3.8) is 0 Å². The molecule has 5 nitrogen and oxygen atoms in total. The zero-order valence-corrected chi connectivity index (χ0v) is 18.4. The highest BCUT2D eigenvalue weighted by Crippen LogP contribution is 2.37. The molecule has 1 N–H and O–H groups in total. The zero-order chi connectivity index (χ0) is 21.6. The van der Waals surface area contributed by atoms with Crippen molar-refractivity contribution in [2.24, 2.45) is 5.41 Å². The van der Waals surface area contributed by atoms with Gasteiger partial charge in [-0.1, -0.05) is 37.3 Å². The highest BCUT2D eigenvalue weighted by atomic mass is 16.2. The molecule has 160 valence electrons. The van der Waals surface area contributed by atoms with Gasteiger partial charge in [-0.2, -0.15) is 0 Å². The minimum Gasteiger partial charge on any atom is -0.353 e. The lowest BCUT2D eigenvalue weighted by molar-refractivity contribution is -0.142. The highest BCUT2D eigenvalue weighted by molar-refractivity contribution is 5.85. The van der Waals surface area contributed by atoms with Gasteiger partial charge in [0.05, 0.1) is 5.41 Å². The third-order valence-electron chi connectivity index (χ3n) is 5.81. The molecule has 1 aromatic heterocycles. The molecule has 1 aliphatic rings. The first kappa shape index (κ1) is 22.0. The molecule has 0 saturated carbocycles. The van der Waals surface area contributed by atoms with Gasteiger partial charge in [0.1, 0.15) is 0 Å². The van der Waals surface area contributed by atoms with Crippen LogP contribution in [0.4, 0.5) is 0 Å². The van der Waals surface area contributed by atoms with Crippen LogP contribution in [-0.2, 0) is 16.0 Å². The van der Waals surface area contributed by atoms with Gasteiger partial charge in [-0.05, 0) is 56.7 Å². The number of hydrogen-bond acceptors (Lipinski definition) is 3. The highest BCUT2D eigenvalue weighted by Gasteiger charge is 2.43. The fourth-order valence-corrected chi connectivity index (χ4v) is 4.38. The van der Waals surface area contributed by atoms with Gasteiger partial charge >= 0.3 is 0 Å². The Morgan fingerprint density at radius 3 is 2.70 bits per heavy atom. The Hall–Kier alpha value is -2.69. The van der Waals surface area contributed by atoms with Crippen LogP contribution in [0, 0.1) is 5.41 Å². The van der Waals surface area contributed by atoms with Gasteiger partial charge in [0.15, 0.2) is 0 Å². The van der Waals surface area contributed by atoms with Crippen LogP contribution in [0.3, 0.4) is 0 Å². The Bertz CT molecular complexity index is 866. The van der Waals surface area contributed by atoms with Crippen molar-refractivity contribution in [2.75, 3.05) is 13.1 Å². The molecule has 0 bridgehead atoms. The Balaban J connectivity index is 1.97. The predicted molar refractivity (Wildman–Crippen MR) is 120 cm³/mol. The minimum atomic E-state index is -0.621. The third-order valence-corrected chi connectivity index (χ3v) is 5.81. The van der Waals surface area contributed by atoms with Crippen molar-refractivity contribution in [1.82, 2.24) is 15.2 Å². The topological polar surface area (TPSA) is 62.3 Å². The van der Waals surface area contributed by atoms with E-state index in [0.29, 0.717) is 19.4 Å². The van der Waals surface area contributed by atoms with Crippen molar-refractivity contribution in [1.29, 1.82) is 0 Å². The molecule has 1 atom stereocenters. The average molecular weight is 408 g/mol. The van der Waals surface area contributed by atoms with E-state index in [9.17, 15) is 9.59 Å². The van der Waals surface area contributed by atoms with Crippen LogP contribution in [-0.4, -0.2) is 40.8 Å². The number of benzene rings is 1. The molecule has 0 aliphatic carbocycles. The Morgan fingerprint density at radius 1 is 1.20 bits per heavy atom. The largest absolute Gasteiger partial charge is 0.353 e. The first-order valence-electron chi connectivity index (χ1n) is 11.0. The molecule has 2 amide bonds. The summed E-state index contributed by atoms with van der Waals surface area (Å²) in [6.07, 6.45) is 7.21. The summed E-state index contributed by atoms with van der Waals surface area (Å²) in [7, 11) is 0. The molecule has 0 spiro atoms. The van der Waals surface area contributed by atoms with E-state index in [0.717, 1.165) is 42.5 Å². The number of nitrogens with zero attached hydrogens (tertiary/aromatic N) is 2. The summed E-state index contributed by atoms with van der Waals surface area (Å²) in [6, 6.07) is 12.3. The maximum Gasteiger partial charge on any atom is 0.228 e. The van der Waals surface area contributed by atoms with E-state index >= 15 is 0 Å². The van der Waals surface area contributed by atoms with E-state index in [-0.39, 0.29) is 17.9 Å². The van der Waals surface area contributed by atoms with Crippen LogP contribution in [0.1, 0.15) is 52.0 Å². The molecule has 2 heterocycles. The lowest BCUT2D eigenvalue weighted by atomic mass is 9.73. The molecule has 1 saturated heterocycles. The standard InChI is InChI=1S/C25H33N3O2/c1-4-9-23(29)28-15-8-13-25(18-28,24(30)27-19(2)3)16-20-10-5-6-12-22(20)21-11-7-14-26-17-21/h5-7,10-12,14,17,19H,4,8-9,13,15-16,18H2,1-3H3,(H,27,30)/t25-/m1/s1. The quantitative estimate of drug-likeness (QED) is 0.747. The summed E-state index contributed by atoms with van der Waals surface area (Å²) in [5, 5.41) is 3.14. The van der Waals surface area contributed by atoms with Gasteiger partial charge in [0, 0.05) is 43.5 Å². The second kappa shape index (κ2) is 9.88. The van der Waals surface area contributed by atoms with Crippen molar-refractivity contribution < 1.29 is 9.59 Å². The molecule has 30 heavy (non-hydrogen) atoms. The zero-order valence-electron chi connectivity index (χ0n) is 18.4. The Kier molecular flexibility index (Phi) is 7.24. The number of rotatable bonds is 7. The Morgan fingerprint density at radius 2 is 2.00 bits per heavy atom. The van der Waals surface area contributed by atoms with Gasteiger partial charge in [-0.25, -0.2) is 0 Å². The number of amides is 2. The molecule has 0 radical (unpaired) electrons. The fourth-order valence-electron chi connectivity index (χ4n) is 4.38. The maximum absolute atomic E-state index is 13.4. The maximum atomic E-state index is 13.4. The molecule has 1 aromatic carbocycles. The van der Waals surface area contributed by atoms with E-state index in [2.05, 4.69) is 22.4 Å². The molecule has 0 unspecified atom stereocenters. The molecule has 5 heteroatoms. The number of pyridine rings is 1. The molecule has 1 aliphatic heterocycles. The van der Waals surface area contributed by atoms with E-state index in [4.69, 9.17) is 0 Å². The number of piperidine rings is 1. The van der Waals surface area contributed by atoms with Crippen LogP contribution < -0.4 is 5.32 Å². The lowest BCUT2D eigenvalue weighted by Gasteiger charge is -2.42. The second-order valence-corrected chi connectivity index (χ2v) is 8.65. The summed E-state index contributed by atoms with van der Waals surface area (Å²) in [4.78, 5) is 32.3. The van der Waals surface area contributed by atoms with E-state index in [1.807, 2.05) is 56.1 Å². The molecule has 2 aromatic rings. The van der Waals surface area contributed by atoms with Gasteiger partial charge in [-0.15, -0.1) is 0 Å². The first-order chi connectivity index (χ1) is 14.4. The van der Waals surface area contributed by atoms with Crippen LogP contribution in [0.15, 0.2) is 48.8 Å². The number of carbonyl (C=O) groups is 2. The van der Waals surface area contributed by atoms with Crippen LogP contribution in [0.25, 0.3) is 11.1 Å². The second-order valence-electron chi connectivity index (χ2n) is 8.65. The van der Waals surface area contributed by atoms with E-state index in [1.54, 1.807) is 6.20 Å².